The van der Waals surface area contributed by atoms with Gasteiger partial charge in [-0.25, -0.2) is 0 Å². The zero-order valence-electron chi connectivity index (χ0n) is 12.1. The van der Waals surface area contributed by atoms with E-state index >= 15 is 0 Å². The van der Waals surface area contributed by atoms with Crippen molar-refractivity contribution in [1.82, 2.24) is 9.78 Å². The fraction of sp³-hybridized carbons (Fsp3) is 0.235. The monoisotopic (exact) mass is 281 g/mol. The van der Waals surface area contributed by atoms with Crippen LogP contribution in [0.3, 0.4) is 0 Å². The third-order valence-corrected chi connectivity index (χ3v) is 3.46. The minimum Gasteiger partial charge on any atom is -0.460 e. The Balaban J connectivity index is 1.64. The Hall–Kier alpha value is -2.49. The first kappa shape index (κ1) is 13.5. The van der Waals surface area contributed by atoms with Crippen molar-refractivity contribution in [3.8, 4) is 11.5 Å². The van der Waals surface area contributed by atoms with Crippen molar-refractivity contribution in [1.29, 1.82) is 0 Å². The standard InChI is InChI=1S/C17H19N3O/c1-13-9-10-16(21-13)17-15(18)12-20(19-17)11-5-8-14-6-3-2-4-7-14/h2-4,6-7,9-10,12H,5,8,11,18H2,1H3. The van der Waals surface area contributed by atoms with E-state index in [0.717, 1.165) is 36.6 Å². The number of aryl methyl sites for hydroxylation is 3. The maximum absolute atomic E-state index is 6.02. The largest absolute Gasteiger partial charge is 0.460 e. The number of aromatic nitrogens is 2. The third kappa shape index (κ3) is 3.16. The Kier molecular flexibility index (Phi) is 3.77. The van der Waals surface area contributed by atoms with E-state index in [9.17, 15) is 0 Å². The lowest BCUT2D eigenvalue weighted by atomic mass is 10.1. The second kappa shape index (κ2) is 5.87. The Morgan fingerprint density at radius 1 is 1.14 bits per heavy atom. The molecule has 21 heavy (non-hydrogen) atoms. The highest BCUT2D eigenvalue weighted by atomic mass is 16.3. The molecule has 3 aromatic rings. The first-order chi connectivity index (χ1) is 10.2. The van der Waals surface area contributed by atoms with Crippen LogP contribution in [0.5, 0.6) is 0 Å². The minimum absolute atomic E-state index is 0.657. The van der Waals surface area contributed by atoms with Gasteiger partial charge in [0.1, 0.15) is 5.76 Å². The molecule has 108 valence electrons. The van der Waals surface area contributed by atoms with E-state index < -0.39 is 0 Å². The molecule has 3 rings (SSSR count). The highest BCUT2D eigenvalue weighted by Crippen LogP contribution is 2.25. The van der Waals surface area contributed by atoms with Gasteiger partial charge >= 0.3 is 0 Å². The van der Waals surface area contributed by atoms with Crippen LogP contribution in [-0.2, 0) is 13.0 Å². The predicted octanol–water partition coefficient (Wildman–Crippen LogP) is 3.67. The van der Waals surface area contributed by atoms with E-state index in [1.807, 2.05) is 36.0 Å². The average Bonchev–Trinajstić information content (AvgIpc) is 3.06. The summed E-state index contributed by atoms with van der Waals surface area (Å²) in [5.41, 5.74) is 8.75. The Morgan fingerprint density at radius 3 is 2.67 bits per heavy atom. The van der Waals surface area contributed by atoms with E-state index in [2.05, 4.69) is 29.4 Å². The molecular formula is C17H19N3O. The molecule has 0 radical (unpaired) electrons. The molecule has 2 N–H and O–H groups in total. The summed E-state index contributed by atoms with van der Waals surface area (Å²) in [6.07, 6.45) is 3.94. The molecule has 0 saturated carbocycles. The lowest BCUT2D eigenvalue weighted by molar-refractivity contribution is 0.539. The van der Waals surface area contributed by atoms with Gasteiger partial charge in [-0.1, -0.05) is 30.3 Å². The number of nitrogens with zero attached hydrogens (tertiary/aromatic N) is 2. The molecule has 0 amide bonds. The van der Waals surface area contributed by atoms with Crippen LogP contribution in [0.25, 0.3) is 11.5 Å². The summed E-state index contributed by atoms with van der Waals surface area (Å²) in [7, 11) is 0. The normalized spacial score (nSPS) is 10.9. The number of nitrogen functional groups attached to an aromatic ring is 1. The molecule has 1 aromatic carbocycles. The van der Waals surface area contributed by atoms with Crippen molar-refractivity contribution in [2.45, 2.75) is 26.3 Å². The Morgan fingerprint density at radius 2 is 1.95 bits per heavy atom. The molecule has 0 aliphatic carbocycles. The van der Waals surface area contributed by atoms with E-state index in [0.29, 0.717) is 5.69 Å². The summed E-state index contributed by atoms with van der Waals surface area (Å²) in [5.74, 6) is 1.59. The molecule has 0 aliphatic heterocycles. The first-order valence-corrected chi connectivity index (χ1v) is 7.16. The molecule has 0 unspecified atom stereocenters. The molecule has 0 fully saturated rings. The van der Waals surface area contributed by atoms with Gasteiger partial charge in [0.2, 0.25) is 0 Å². The second-order valence-electron chi connectivity index (χ2n) is 5.20. The van der Waals surface area contributed by atoms with E-state index in [4.69, 9.17) is 10.2 Å². The number of hydrogen-bond acceptors (Lipinski definition) is 3. The van der Waals surface area contributed by atoms with Crippen molar-refractivity contribution >= 4 is 5.69 Å². The van der Waals surface area contributed by atoms with Crippen LogP contribution in [0.1, 0.15) is 17.7 Å². The van der Waals surface area contributed by atoms with Gasteiger partial charge in [-0.3, -0.25) is 4.68 Å². The fourth-order valence-corrected chi connectivity index (χ4v) is 2.39. The highest BCUT2D eigenvalue weighted by molar-refractivity contribution is 5.67. The van der Waals surface area contributed by atoms with Crippen LogP contribution in [0.15, 0.2) is 53.1 Å². The van der Waals surface area contributed by atoms with E-state index in [1.54, 1.807) is 0 Å². The van der Waals surface area contributed by atoms with Crippen LogP contribution >= 0.6 is 0 Å². The van der Waals surface area contributed by atoms with Crippen molar-refractivity contribution in [3.05, 3.63) is 60.0 Å². The number of anilines is 1. The summed E-state index contributed by atoms with van der Waals surface area (Å²) in [4.78, 5) is 0. The second-order valence-corrected chi connectivity index (χ2v) is 5.20. The molecule has 0 aliphatic rings. The summed E-state index contributed by atoms with van der Waals surface area (Å²) in [5, 5.41) is 4.52. The predicted molar refractivity (Wildman–Crippen MR) is 83.8 cm³/mol. The quantitative estimate of drug-likeness (QED) is 0.776. The molecule has 0 saturated heterocycles. The molecule has 0 spiro atoms. The molecule has 2 aromatic heterocycles. The van der Waals surface area contributed by atoms with Crippen LogP contribution in [0.2, 0.25) is 0 Å². The molecule has 4 nitrogen and oxygen atoms in total. The van der Waals surface area contributed by atoms with E-state index in [1.165, 1.54) is 5.56 Å². The SMILES string of the molecule is Cc1ccc(-c2nn(CCCc3ccccc3)cc2N)o1. The Bertz CT molecular complexity index is 713. The van der Waals surface area contributed by atoms with Crippen molar-refractivity contribution < 1.29 is 4.42 Å². The zero-order chi connectivity index (χ0) is 14.7. The van der Waals surface area contributed by atoms with Gasteiger partial charge in [0, 0.05) is 12.7 Å². The van der Waals surface area contributed by atoms with Crippen molar-refractivity contribution in [2.75, 3.05) is 5.73 Å². The van der Waals surface area contributed by atoms with Gasteiger partial charge in [-0.15, -0.1) is 0 Å². The Labute approximate surface area is 124 Å². The first-order valence-electron chi connectivity index (χ1n) is 7.16. The number of rotatable bonds is 5. The number of hydrogen-bond donors (Lipinski definition) is 1. The van der Waals surface area contributed by atoms with Gasteiger partial charge < -0.3 is 10.2 Å². The van der Waals surface area contributed by atoms with Crippen LogP contribution in [-0.4, -0.2) is 9.78 Å². The maximum atomic E-state index is 6.02. The van der Waals surface area contributed by atoms with Crippen LogP contribution in [0.4, 0.5) is 5.69 Å². The smallest absolute Gasteiger partial charge is 0.156 e. The van der Waals surface area contributed by atoms with Gasteiger partial charge in [0.05, 0.1) is 5.69 Å². The van der Waals surface area contributed by atoms with Crippen molar-refractivity contribution in [3.63, 3.8) is 0 Å². The van der Waals surface area contributed by atoms with E-state index in [-0.39, 0.29) is 0 Å². The number of benzene rings is 1. The lowest BCUT2D eigenvalue weighted by Gasteiger charge is -2.02. The summed E-state index contributed by atoms with van der Waals surface area (Å²) in [6, 6.07) is 14.3. The molecule has 0 bridgehead atoms. The molecular weight excluding hydrogens is 262 g/mol. The topological polar surface area (TPSA) is 57.0 Å². The maximum Gasteiger partial charge on any atom is 0.156 e. The molecule has 0 atom stereocenters. The highest BCUT2D eigenvalue weighted by Gasteiger charge is 2.11. The van der Waals surface area contributed by atoms with Gasteiger partial charge in [-0.05, 0) is 37.5 Å². The number of nitrogens with two attached hydrogens (primary N) is 1. The molecule has 2 heterocycles. The molecule has 4 heteroatoms. The zero-order valence-corrected chi connectivity index (χ0v) is 12.1. The van der Waals surface area contributed by atoms with Crippen LogP contribution < -0.4 is 5.73 Å². The lowest BCUT2D eigenvalue weighted by Crippen LogP contribution is -2.00. The van der Waals surface area contributed by atoms with Gasteiger partial charge in [0.25, 0.3) is 0 Å². The number of furan rings is 1. The summed E-state index contributed by atoms with van der Waals surface area (Å²) >= 11 is 0. The van der Waals surface area contributed by atoms with Crippen molar-refractivity contribution in [2.24, 2.45) is 0 Å². The summed E-state index contributed by atoms with van der Waals surface area (Å²) in [6.45, 7) is 2.76. The van der Waals surface area contributed by atoms with Gasteiger partial charge in [-0.2, -0.15) is 5.10 Å². The third-order valence-electron chi connectivity index (χ3n) is 3.46. The van der Waals surface area contributed by atoms with Crippen LogP contribution in [0, 0.1) is 6.92 Å². The fourth-order valence-electron chi connectivity index (χ4n) is 2.39. The minimum atomic E-state index is 0.657. The average molecular weight is 281 g/mol. The summed E-state index contributed by atoms with van der Waals surface area (Å²) < 4.78 is 7.48. The van der Waals surface area contributed by atoms with Gasteiger partial charge in [0.15, 0.2) is 11.5 Å².